The summed E-state index contributed by atoms with van der Waals surface area (Å²) in [5, 5.41) is 0. The summed E-state index contributed by atoms with van der Waals surface area (Å²) >= 11 is 0. The first-order valence-corrected chi connectivity index (χ1v) is 5.67. The molecule has 0 fully saturated rings. The van der Waals surface area contributed by atoms with Gasteiger partial charge in [0.25, 0.3) is 0 Å². The molecule has 0 aliphatic heterocycles. The van der Waals surface area contributed by atoms with Crippen molar-refractivity contribution in [3.8, 4) is 0 Å². The molecule has 0 heteroatoms. The van der Waals surface area contributed by atoms with Crippen molar-refractivity contribution in [2.45, 2.75) is 19.3 Å². The molecule has 0 aromatic heterocycles. The second kappa shape index (κ2) is 2.52. The fourth-order valence-electron chi connectivity index (χ4n) is 3.15. The van der Waals surface area contributed by atoms with Crippen LogP contribution in [-0.4, -0.2) is 0 Å². The first-order chi connectivity index (χ1) is 7.45. The number of benzene rings is 1. The van der Waals surface area contributed by atoms with E-state index in [1.165, 1.54) is 36.0 Å². The van der Waals surface area contributed by atoms with Gasteiger partial charge in [0.2, 0.25) is 0 Å². The Kier molecular flexibility index (Phi) is 1.29. The molecular weight excluding hydrogens is 180 g/mol. The lowest BCUT2D eigenvalue weighted by Gasteiger charge is -2.17. The van der Waals surface area contributed by atoms with E-state index in [9.17, 15) is 0 Å². The highest BCUT2D eigenvalue weighted by molar-refractivity contribution is 6.03. The zero-order valence-electron chi connectivity index (χ0n) is 8.59. The maximum absolute atomic E-state index is 2.33. The van der Waals surface area contributed by atoms with Gasteiger partial charge in [-0.2, -0.15) is 0 Å². The number of fused-ring (bicyclic) bond motifs is 6. The highest BCUT2D eigenvalue weighted by atomic mass is 14.4. The average molecular weight is 192 g/mol. The van der Waals surface area contributed by atoms with Crippen LogP contribution in [0.25, 0.3) is 11.1 Å². The van der Waals surface area contributed by atoms with Gasteiger partial charge in [-0.3, -0.25) is 0 Å². The lowest BCUT2D eigenvalue weighted by molar-refractivity contribution is 0.975. The molecule has 72 valence electrons. The van der Waals surface area contributed by atoms with E-state index >= 15 is 0 Å². The van der Waals surface area contributed by atoms with Gasteiger partial charge in [-0.1, -0.05) is 36.4 Å². The van der Waals surface area contributed by atoms with Crippen LogP contribution in [0, 0.1) is 0 Å². The molecule has 0 radical (unpaired) electrons. The molecule has 0 spiro atoms. The molecule has 3 aliphatic rings. The van der Waals surface area contributed by atoms with Crippen LogP contribution >= 0.6 is 0 Å². The number of allylic oxidation sites excluding steroid dienone is 6. The molecule has 1 aromatic carbocycles. The van der Waals surface area contributed by atoms with E-state index in [2.05, 4.69) is 36.4 Å². The number of hydrogen-bond acceptors (Lipinski definition) is 0. The summed E-state index contributed by atoms with van der Waals surface area (Å²) in [6, 6.07) is 8.86. The summed E-state index contributed by atoms with van der Waals surface area (Å²) in [6.45, 7) is 0. The summed E-state index contributed by atoms with van der Waals surface area (Å²) in [6.07, 6.45) is 8.30. The largest absolute Gasteiger partial charge is 0.0836 e. The average Bonchev–Trinajstić information content (AvgIpc) is 2.86. The molecule has 0 saturated carbocycles. The van der Waals surface area contributed by atoms with E-state index in [1.807, 2.05) is 0 Å². The van der Waals surface area contributed by atoms with Crippen LogP contribution in [0.4, 0.5) is 0 Å². The summed E-state index contributed by atoms with van der Waals surface area (Å²) in [5.41, 5.74) is 9.34. The molecule has 0 N–H and O–H groups in total. The Balaban J connectivity index is 2.10. The first kappa shape index (κ1) is 7.70. The molecule has 1 aromatic rings. The van der Waals surface area contributed by atoms with Gasteiger partial charge in [-0.25, -0.2) is 0 Å². The molecule has 4 rings (SSSR count). The van der Waals surface area contributed by atoms with E-state index in [0.29, 0.717) is 0 Å². The van der Waals surface area contributed by atoms with Crippen molar-refractivity contribution in [3.63, 3.8) is 0 Å². The zero-order valence-corrected chi connectivity index (χ0v) is 8.59. The molecule has 2 bridgehead atoms. The minimum Gasteiger partial charge on any atom is -0.0836 e. The smallest absolute Gasteiger partial charge is 0.000445 e. The van der Waals surface area contributed by atoms with Gasteiger partial charge in [0.1, 0.15) is 0 Å². The Morgan fingerprint density at radius 2 is 1.67 bits per heavy atom. The Morgan fingerprint density at radius 3 is 2.53 bits per heavy atom. The lowest BCUT2D eigenvalue weighted by atomic mass is 9.87. The summed E-state index contributed by atoms with van der Waals surface area (Å²) in [4.78, 5) is 0. The molecule has 0 atom stereocenters. The third kappa shape index (κ3) is 0.829. The second-order valence-electron chi connectivity index (χ2n) is 4.51. The van der Waals surface area contributed by atoms with Gasteiger partial charge in [-0.05, 0) is 52.7 Å². The maximum atomic E-state index is 2.33. The normalized spacial score (nSPS) is 21.1. The van der Waals surface area contributed by atoms with E-state index < -0.39 is 0 Å². The lowest BCUT2D eigenvalue weighted by Crippen LogP contribution is -1.98. The monoisotopic (exact) mass is 192 g/mol. The van der Waals surface area contributed by atoms with Gasteiger partial charge >= 0.3 is 0 Å². The molecule has 3 aliphatic carbocycles. The van der Waals surface area contributed by atoms with Crippen LogP contribution in [0.2, 0.25) is 0 Å². The van der Waals surface area contributed by atoms with Crippen molar-refractivity contribution in [1.29, 1.82) is 0 Å². The molecule has 15 heavy (non-hydrogen) atoms. The Hall–Kier alpha value is -1.56. The molecule has 0 heterocycles. The number of hydrogen-bond donors (Lipinski definition) is 0. The number of rotatable bonds is 0. The summed E-state index contributed by atoms with van der Waals surface area (Å²) in [7, 11) is 0. The fraction of sp³-hybridized carbons (Fsp3) is 0.200. The first-order valence-electron chi connectivity index (χ1n) is 5.67. The van der Waals surface area contributed by atoms with Crippen LogP contribution in [0.3, 0.4) is 0 Å². The SMILES string of the molecule is C1=CC2=C3CC(=C2CC1)c1ccccc13. The van der Waals surface area contributed by atoms with Gasteiger partial charge < -0.3 is 0 Å². The molecule has 0 amide bonds. The van der Waals surface area contributed by atoms with Gasteiger partial charge in [0.05, 0.1) is 0 Å². The van der Waals surface area contributed by atoms with Crippen LogP contribution < -0.4 is 0 Å². The quantitative estimate of drug-likeness (QED) is 0.583. The van der Waals surface area contributed by atoms with E-state index in [-0.39, 0.29) is 0 Å². The maximum Gasteiger partial charge on any atom is -0.000445 e. The Bertz CT molecular complexity index is 553. The van der Waals surface area contributed by atoms with Crippen molar-refractivity contribution in [2.24, 2.45) is 0 Å². The predicted octanol–water partition coefficient (Wildman–Crippen LogP) is 3.96. The van der Waals surface area contributed by atoms with Crippen LogP contribution in [-0.2, 0) is 0 Å². The van der Waals surface area contributed by atoms with Crippen molar-refractivity contribution in [3.05, 3.63) is 58.7 Å². The van der Waals surface area contributed by atoms with Crippen molar-refractivity contribution in [1.82, 2.24) is 0 Å². The standard InChI is InChI=1S/C15H12/c1-2-6-11-10(5-1)14-9-15(11)13-8-4-3-7-12(13)14/h1-3,5-7H,4,8-9H2. The highest BCUT2D eigenvalue weighted by Gasteiger charge is 2.33. The van der Waals surface area contributed by atoms with Gasteiger partial charge in [-0.15, -0.1) is 0 Å². The molecule has 0 nitrogen and oxygen atoms in total. The minimum atomic E-state index is 1.19. The van der Waals surface area contributed by atoms with Crippen molar-refractivity contribution < 1.29 is 0 Å². The minimum absolute atomic E-state index is 1.19. The van der Waals surface area contributed by atoms with Gasteiger partial charge in [0, 0.05) is 0 Å². The van der Waals surface area contributed by atoms with Crippen LogP contribution in [0.1, 0.15) is 30.4 Å². The fourth-order valence-corrected chi connectivity index (χ4v) is 3.15. The molecule has 0 saturated heterocycles. The van der Waals surface area contributed by atoms with Gasteiger partial charge in [0.15, 0.2) is 0 Å². The summed E-state index contributed by atoms with van der Waals surface area (Å²) < 4.78 is 0. The molecule has 0 unspecified atom stereocenters. The van der Waals surface area contributed by atoms with E-state index in [0.717, 1.165) is 0 Å². The van der Waals surface area contributed by atoms with Crippen molar-refractivity contribution in [2.75, 3.05) is 0 Å². The second-order valence-corrected chi connectivity index (χ2v) is 4.51. The molecular formula is C15H12. The summed E-state index contributed by atoms with van der Waals surface area (Å²) in [5.74, 6) is 0. The third-order valence-corrected chi connectivity index (χ3v) is 3.79. The van der Waals surface area contributed by atoms with E-state index in [1.54, 1.807) is 16.7 Å². The topological polar surface area (TPSA) is 0 Å². The van der Waals surface area contributed by atoms with Crippen LogP contribution in [0.5, 0.6) is 0 Å². The van der Waals surface area contributed by atoms with Crippen LogP contribution in [0.15, 0.2) is 47.6 Å². The third-order valence-electron chi connectivity index (χ3n) is 3.79. The Labute approximate surface area is 89.6 Å². The highest BCUT2D eigenvalue weighted by Crippen LogP contribution is 2.53. The zero-order chi connectivity index (χ0) is 9.83. The Morgan fingerprint density at radius 1 is 0.867 bits per heavy atom. The van der Waals surface area contributed by atoms with Crippen molar-refractivity contribution >= 4 is 11.1 Å². The predicted molar refractivity (Wildman–Crippen MR) is 63.3 cm³/mol. The van der Waals surface area contributed by atoms with E-state index in [4.69, 9.17) is 0 Å².